The highest BCUT2D eigenvalue weighted by molar-refractivity contribution is 5.76. The molecule has 0 radical (unpaired) electrons. The molecule has 2 saturated heterocycles. The fourth-order valence-corrected chi connectivity index (χ4v) is 4.55. The first-order chi connectivity index (χ1) is 11.7. The Balaban J connectivity index is 1.45. The summed E-state index contributed by atoms with van der Waals surface area (Å²) in [5.41, 5.74) is 2.63. The van der Waals surface area contributed by atoms with Gasteiger partial charge in [0, 0.05) is 55.7 Å². The first-order valence-electron chi connectivity index (χ1n) is 9.15. The molecule has 0 saturated carbocycles. The standard InChI is InChI=1S/C19H26N4O/c1-3-4-8-18(24)22-9-14-11-23(12-15(14)10-22)19-16-6-5-7-17(16)20-13(2)21-19/h3,14-15H,1,4-12H2,2H3. The summed E-state index contributed by atoms with van der Waals surface area (Å²) < 4.78 is 0. The first-order valence-corrected chi connectivity index (χ1v) is 9.15. The maximum atomic E-state index is 12.2. The predicted octanol–water partition coefficient (Wildman–Crippen LogP) is 2.13. The quantitative estimate of drug-likeness (QED) is 0.796. The predicted molar refractivity (Wildman–Crippen MR) is 94.0 cm³/mol. The zero-order valence-corrected chi connectivity index (χ0v) is 14.5. The molecule has 0 bridgehead atoms. The number of anilines is 1. The molecule has 5 nitrogen and oxygen atoms in total. The number of amides is 1. The van der Waals surface area contributed by atoms with E-state index in [-0.39, 0.29) is 5.91 Å². The number of aromatic nitrogens is 2. The minimum atomic E-state index is 0.287. The molecule has 4 rings (SSSR count). The summed E-state index contributed by atoms with van der Waals surface area (Å²) in [6.07, 6.45) is 6.62. The van der Waals surface area contributed by atoms with Gasteiger partial charge in [-0.1, -0.05) is 6.08 Å². The summed E-state index contributed by atoms with van der Waals surface area (Å²) in [7, 11) is 0. The molecule has 2 atom stereocenters. The Morgan fingerprint density at radius 3 is 2.67 bits per heavy atom. The van der Waals surface area contributed by atoms with Gasteiger partial charge in [0.25, 0.3) is 0 Å². The van der Waals surface area contributed by atoms with Crippen LogP contribution in [0.2, 0.25) is 0 Å². The van der Waals surface area contributed by atoms with Gasteiger partial charge in [-0.25, -0.2) is 9.97 Å². The summed E-state index contributed by atoms with van der Waals surface area (Å²) in [4.78, 5) is 26.1. The van der Waals surface area contributed by atoms with Gasteiger partial charge >= 0.3 is 0 Å². The summed E-state index contributed by atoms with van der Waals surface area (Å²) >= 11 is 0. The molecular weight excluding hydrogens is 300 g/mol. The van der Waals surface area contributed by atoms with Crippen LogP contribution in [0.4, 0.5) is 5.82 Å². The summed E-state index contributed by atoms with van der Waals surface area (Å²) in [5.74, 6) is 3.53. The van der Waals surface area contributed by atoms with Gasteiger partial charge in [0.05, 0.1) is 0 Å². The van der Waals surface area contributed by atoms with Crippen LogP contribution >= 0.6 is 0 Å². The van der Waals surface area contributed by atoms with Crippen molar-refractivity contribution >= 4 is 11.7 Å². The van der Waals surface area contributed by atoms with E-state index in [1.165, 1.54) is 23.5 Å². The Kier molecular flexibility index (Phi) is 4.02. The average Bonchev–Trinajstić information content (AvgIpc) is 3.24. The molecule has 0 N–H and O–H groups in total. The fourth-order valence-electron chi connectivity index (χ4n) is 4.55. The molecule has 0 aromatic carbocycles. The van der Waals surface area contributed by atoms with E-state index in [4.69, 9.17) is 4.98 Å². The van der Waals surface area contributed by atoms with E-state index in [2.05, 4.69) is 21.4 Å². The zero-order valence-electron chi connectivity index (χ0n) is 14.5. The molecule has 3 heterocycles. The third-order valence-corrected chi connectivity index (χ3v) is 5.72. The van der Waals surface area contributed by atoms with Crippen molar-refractivity contribution in [1.82, 2.24) is 14.9 Å². The molecule has 2 aliphatic heterocycles. The highest BCUT2D eigenvalue weighted by atomic mass is 16.2. The zero-order chi connectivity index (χ0) is 16.7. The van der Waals surface area contributed by atoms with Gasteiger partial charge in [0.1, 0.15) is 11.6 Å². The van der Waals surface area contributed by atoms with E-state index in [1.807, 2.05) is 13.0 Å². The lowest BCUT2D eigenvalue weighted by Crippen LogP contribution is -2.33. The van der Waals surface area contributed by atoms with E-state index in [0.717, 1.165) is 51.3 Å². The van der Waals surface area contributed by atoms with Crippen LogP contribution in [0, 0.1) is 18.8 Å². The SMILES string of the molecule is C=CCCC(=O)N1CC2CN(c3nc(C)nc4c3CCC4)CC2C1. The van der Waals surface area contributed by atoms with E-state index in [1.54, 1.807) is 0 Å². The molecule has 24 heavy (non-hydrogen) atoms. The average molecular weight is 326 g/mol. The summed E-state index contributed by atoms with van der Waals surface area (Å²) in [6, 6.07) is 0. The van der Waals surface area contributed by atoms with E-state index < -0.39 is 0 Å². The monoisotopic (exact) mass is 326 g/mol. The summed E-state index contributed by atoms with van der Waals surface area (Å²) in [6.45, 7) is 9.57. The van der Waals surface area contributed by atoms with Crippen LogP contribution in [0.15, 0.2) is 12.7 Å². The van der Waals surface area contributed by atoms with Crippen molar-refractivity contribution in [2.45, 2.75) is 39.0 Å². The van der Waals surface area contributed by atoms with Gasteiger partial charge in [-0.2, -0.15) is 0 Å². The third kappa shape index (κ3) is 2.70. The Labute approximate surface area is 143 Å². The second-order valence-electron chi connectivity index (χ2n) is 7.42. The van der Waals surface area contributed by atoms with Crippen LogP contribution in [-0.2, 0) is 17.6 Å². The van der Waals surface area contributed by atoms with Crippen LogP contribution in [0.1, 0.15) is 36.3 Å². The lowest BCUT2D eigenvalue weighted by molar-refractivity contribution is -0.130. The number of carbonyl (C=O) groups is 1. The number of fused-ring (bicyclic) bond motifs is 2. The number of likely N-dealkylation sites (tertiary alicyclic amines) is 1. The smallest absolute Gasteiger partial charge is 0.222 e. The van der Waals surface area contributed by atoms with Crippen molar-refractivity contribution in [3.63, 3.8) is 0 Å². The lowest BCUT2D eigenvalue weighted by atomic mass is 10.0. The van der Waals surface area contributed by atoms with Crippen LogP contribution in [-0.4, -0.2) is 47.0 Å². The lowest BCUT2D eigenvalue weighted by Gasteiger charge is -2.24. The molecule has 1 amide bonds. The van der Waals surface area contributed by atoms with Crippen LogP contribution in [0.5, 0.6) is 0 Å². The van der Waals surface area contributed by atoms with Gasteiger partial charge in [-0.3, -0.25) is 4.79 Å². The first kappa shape index (κ1) is 15.6. The van der Waals surface area contributed by atoms with Crippen molar-refractivity contribution in [2.24, 2.45) is 11.8 Å². The molecule has 1 aliphatic carbocycles. The number of allylic oxidation sites excluding steroid dienone is 1. The minimum Gasteiger partial charge on any atom is -0.356 e. The fraction of sp³-hybridized carbons (Fsp3) is 0.632. The maximum Gasteiger partial charge on any atom is 0.222 e. The van der Waals surface area contributed by atoms with E-state index >= 15 is 0 Å². The molecule has 2 fully saturated rings. The highest BCUT2D eigenvalue weighted by Crippen LogP contribution is 2.37. The van der Waals surface area contributed by atoms with Gasteiger partial charge in [-0.05, 0) is 32.6 Å². The molecule has 5 heteroatoms. The second kappa shape index (κ2) is 6.19. The second-order valence-corrected chi connectivity index (χ2v) is 7.42. The van der Waals surface area contributed by atoms with Gasteiger partial charge in [0.15, 0.2) is 0 Å². The molecule has 2 unspecified atom stereocenters. The van der Waals surface area contributed by atoms with E-state index in [9.17, 15) is 4.79 Å². The molecule has 0 spiro atoms. The number of hydrogen-bond donors (Lipinski definition) is 0. The maximum absolute atomic E-state index is 12.2. The number of hydrogen-bond acceptors (Lipinski definition) is 4. The van der Waals surface area contributed by atoms with Crippen molar-refractivity contribution in [1.29, 1.82) is 0 Å². The molecular formula is C19H26N4O. The molecule has 1 aromatic rings. The minimum absolute atomic E-state index is 0.287. The van der Waals surface area contributed by atoms with Crippen molar-refractivity contribution < 1.29 is 4.79 Å². The van der Waals surface area contributed by atoms with Crippen molar-refractivity contribution in [3.8, 4) is 0 Å². The van der Waals surface area contributed by atoms with Crippen molar-refractivity contribution in [3.05, 3.63) is 29.7 Å². The molecule has 1 aromatic heterocycles. The van der Waals surface area contributed by atoms with Crippen LogP contribution in [0.25, 0.3) is 0 Å². The molecule has 128 valence electrons. The van der Waals surface area contributed by atoms with Crippen molar-refractivity contribution in [2.75, 3.05) is 31.1 Å². The Bertz CT molecular complexity index is 658. The largest absolute Gasteiger partial charge is 0.356 e. The topological polar surface area (TPSA) is 49.3 Å². The van der Waals surface area contributed by atoms with Gasteiger partial charge in [0.2, 0.25) is 5.91 Å². The van der Waals surface area contributed by atoms with Gasteiger partial charge in [-0.15, -0.1) is 6.58 Å². The normalized spacial score (nSPS) is 25.0. The number of aryl methyl sites for hydroxylation is 2. The van der Waals surface area contributed by atoms with Crippen LogP contribution in [0.3, 0.4) is 0 Å². The summed E-state index contributed by atoms with van der Waals surface area (Å²) in [5, 5.41) is 0. The van der Waals surface area contributed by atoms with Crippen LogP contribution < -0.4 is 4.90 Å². The van der Waals surface area contributed by atoms with E-state index in [0.29, 0.717) is 18.3 Å². The number of nitrogens with zero attached hydrogens (tertiary/aromatic N) is 4. The number of rotatable bonds is 4. The Morgan fingerprint density at radius 2 is 1.96 bits per heavy atom. The highest BCUT2D eigenvalue weighted by Gasteiger charge is 2.42. The third-order valence-electron chi connectivity index (χ3n) is 5.72. The molecule has 3 aliphatic rings. The Morgan fingerprint density at radius 1 is 1.21 bits per heavy atom. The van der Waals surface area contributed by atoms with Gasteiger partial charge < -0.3 is 9.80 Å². The number of carbonyl (C=O) groups excluding carboxylic acids is 1. The Hall–Kier alpha value is -1.91.